The van der Waals surface area contributed by atoms with Crippen molar-refractivity contribution in [3.63, 3.8) is 0 Å². The first-order valence-electron chi connectivity index (χ1n) is 7.30. The highest BCUT2D eigenvalue weighted by Crippen LogP contribution is 2.31. The van der Waals surface area contributed by atoms with Crippen LogP contribution in [0.1, 0.15) is 45.4 Å². The molecule has 1 heterocycles. The highest BCUT2D eigenvalue weighted by molar-refractivity contribution is 5.71. The van der Waals surface area contributed by atoms with Crippen molar-refractivity contribution in [2.45, 2.75) is 57.6 Å². The molecule has 0 amide bonds. The molecule has 0 spiro atoms. The zero-order valence-corrected chi connectivity index (χ0v) is 11.3. The van der Waals surface area contributed by atoms with Gasteiger partial charge in [0.2, 0.25) is 0 Å². The number of hydrogen-bond donors (Lipinski definition) is 1. The molecule has 1 saturated carbocycles. The van der Waals surface area contributed by atoms with Gasteiger partial charge in [-0.15, -0.1) is 0 Å². The molecular weight excluding hydrogens is 230 g/mol. The van der Waals surface area contributed by atoms with Crippen molar-refractivity contribution < 1.29 is 14.6 Å². The molecule has 2 aliphatic rings. The number of ether oxygens (including phenoxy) is 1. The Hall–Kier alpha value is -0.610. The SMILES string of the molecule is CCOC1CCCN(C2CCCCC2C(=O)O)C1. The molecule has 4 nitrogen and oxygen atoms in total. The van der Waals surface area contributed by atoms with Gasteiger partial charge in [0.15, 0.2) is 0 Å². The zero-order valence-electron chi connectivity index (χ0n) is 11.3. The second-order valence-electron chi connectivity index (χ2n) is 5.51. The van der Waals surface area contributed by atoms with Gasteiger partial charge >= 0.3 is 5.97 Å². The maximum absolute atomic E-state index is 11.4. The molecule has 1 saturated heterocycles. The van der Waals surface area contributed by atoms with Crippen molar-refractivity contribution in [2.24, 2.45) is 5.92 Å². The Morgan fingerprint density at radius 2 is 2.06 bits per heavy atom. The highest BCUT2D eigenvalue weighted by Gasteiger charge is 2.36. The minimum Gasteiger partial charge on any atom is -0.481 e. The molecule has 1 aliphatic carbocycles. The average Bonchev–Trinajstić information content (AvgIpc) is 2.39. The molecular formula is C14H25NO3. The number of carboxylic acids is 1. The smallest absolute Gasteiger partial charge is 0.308 e. The van der Waals surface area contributed by atoms with Gasteiger partial charge in [-0.3, -0.25) is 9.69 Å². The van der Waals surface area contributed by atoms with Gasteiger partial charge in [-0.25, -0.2) is 0 Å². The van der Waals surface area contributed by atoms with E-state index in [2.05, 4.69) is 4.90 Å². The Morgan fingerprint density at radius 1 is 1.28 bits per heavy atom. The summed E-state index contributed by atoms with van der Waals surface area (Å²) in [5, 5.41) is 9.35. The third-order valence-electron chi connectivity index (χ3n) is 4.33. The lowest BCUT2D eigenvalue weighted by Crippen LogP contribution is -2.51. The molecule has 18 heavy (non-hydrogen) atoms. The number of likely N-dealkylation sites (tertiary alicyclic amines) is 1. The first-order valence-corrected chi connectivity index (χ1v) is 7.30. The summed E-state index contributed by atoms with van der Waals surface area (Å²) in [7, 11) is 0. The summed E-state index contributed by atoms with van der Waals surface area (Å²) in [5.41, 5.74) is 0. The van der Waals surface area contributed by atoms with E-state index < -0.39 is 5.97 Å². The molecule has 1 N–H and O–H groups in total. The minimum absolute atomic E-state index is 0.167. The predicted molar refractivity (Wildman–Crippen MR) is 69.6 cm³/mol. The van der Waals surface area contributed by atoms with Crippen molar-refractivity contribution >= 4 is 5.97 Å². The van der Waals surface area contributed by atoms with E-state index in [-0.39, 0.29) is 12.0 Å². The molecule has 3 unspecified atom stereocenters. The van der Waals surface area contributed by atoms with Crippen LogP contribution in [0.5, 0.6) is 0 Å². The zero-order chi connectivity index (χ0) is 13.0. The Labute approximate surface area is 109 Å². The van der Waals surface area contributed by atoms with Crippen LogP contribution in [-0.2, 0) is 9.53 Å². The summed E-state index contributed by atoms with van der Waals surface area (Å²) < 4.78 is 5.71. The van der Waals surface area contributed by atoms with E-state index in [1.807, 2.05) is 6.92 Å². The molecule has 0 aromatic rings. The summed E-state index contributed by atoms with van der Waals surface area (Å²) in [6, 6.07) is 0.236. The Balaban J connectivity index is 1.97. The van der Waals surface area contributed by atoms with Gasteiger partial charge in [0.25, 0.3) is 0 Å². The van der Waals surface area contributed by atoms with Crippen LogP contribution in [0.2, 0.25) is 0 Å². The van der Waals surface area contributed by atoms with E-state index in [1.54, 1.807) is 0 Å². The first kappa shape index (κ1) is 13.8. The van der Waals surface area contributed by atoms with E-state index in [9.17, 15) is 9.90 Å². The summed E-state index contributed by atoms with van der Waals surface area (Å²) in [6.45, 7) is 4.74. The quantitative estimate of drug-likeness (QED) is 0.836. The normalized spacial score (nSPS) is 34.4. The molecule has 0 bridgehead atoms. The van der Waals surface area contributed by atoms with Gasteiger partial charge in [-0.2, -0.15) is 0 Å². The Morgan fingerprint density at radius 3 is 2.78 bits per heavy atom. The number of aliphatic carboxylic acids is 1. The van der Waals surface area contributed by atoms with Crippen molar-refractivity contribution in [3.8, 4) is 0 Å². The third kappa shape index (κ3) is 3.23. The monoisotopic (exact) mass is 255 g/mol. The van der Waals surface area contributed by atoms with E-state index in [1.165, 1.54) is 6.42 Å². The van der Waals surface area contributed by atoms with Crippen LogP contribution >= 0.6 is 0 Å². The maximum Gasteiger partial charge on any atom is 0.308 e. The van der Waals surface area contributed by atoms with Crippen molar-refractivity contribution in [3.05, 3.63) is 0 Å². The van der Waals surface area contributed by atoms with Gasteiger partial charge in [0.1, 0.15) is 0 Å². The molecule has 2 rings (SSSR count). The molecule has 104 valence electrons. The van der Waals surface area contributed by atoms with Crippen molar-refractivity contribution in [1.29, 1.82) is 0 Å². The highest BCUT2D eigenvalue weighted by atomic mass is 16.5. The standard InChI is InChI=1S/C14H25NO3/c1-2-18-11-6-5-9-15(10-11)13-8-4-3-7-12(13)14(16)17/h11-13H,2-10H2,1H3,(H,16,17). The molecule has 0 aromatic heterocycles. The fourth-order valence-corrected chi connectivity index (χ4v) is 3.48. The van der Waals surface area contributed by atoms with Gasteiger partial charge in [-0.1, -0.05) is 12.8 Å². The van der Waals surface area contributed by atoms with Crippen LogP contribution in [0.3, 0.4) is 0 Å². The van der Waals surface area contributed by atoms with Gasteiger partial charge in [0, 0.05) is 19.2 Å². The van der Waals surface area contributed by atoms with Crippen LogP contribution in [-0.4, -0.2) is 47.8 Å². The molecule has 0 radical (unpaired) electrons. The number of carbonyl (C=O) groups is 1. The number of piperidine rings is 1. The lowest BCUT2D eigenvalue weighted by molar-refractivity contribution is -0.146. The van der Waals surface area contributed by atoms with E-state index in [0.717, 1.165) is 51.8 Å². The fraction of sp³-hybridized carbons (Fsp3) is 0.929. The lowest BCUT2D eigenvalue weighted by atomic mass is 9.82. The maximum atomic E-state index is 11.4. The molecule has 0 aromatic carbocycles. The number of hydrogen-bond acceptors (Lipinski definition) is 3. The van der Waals surface area contributed by atoms with Gasteiger partial charge < -0.3 is 9.84 Å². The molecule has 1 aliphatic heterocycles. The lowest BCUT2D eigenvalue weighted by Gasteiger charge is -2.42. The van der Waals surface area contributed by atoms with E-state index >= 15 is 0 Å². The molecule has 3 atom stereocenters. The molecule has 4 heteroatoms. The Bertz CT molecular complexity index is 280. The van der Waals surface area contributed by atoms with Crippen LogP contribution in [0.15, 0.2) is 0 Å². The van der Waals surface area contributed by atoms with Crippen LogP contribution in [0, 0.1) is 5.92 Å². The van der Waals surface area contributed by atoms with Gasteiger partial charge in [0.05, 0.1) is 12.0 Å². The largest absolute Gasteiger partial charge is 0.481 e. The van der Waals surface area contributed by atoms with Crippen molar-refractivity contribution in [2.75, 3.05) is 19.7 Å². The summed E-state index contributed by atoms with van der Waals surface area (Å²) in [6.07, 6.45) is 6.68. The fourth-order valence-electron chi connectivity index (χ4n) is 3.48. The topological polar surface area (TPSA) is 49.8 Å². The summed E-state index contributed by atoms with van der Waals surface area (Å²) in [5.74, 6) is -0.780. The van der Waals surface area contributed by atoms with Crippen LogP contribution in [0.25, 0.3) is 0 Å². The van der Waals surface area contributed by atoms with Crippen molar-refractivity contribution in [1.82, 2.24) is 4.90 Å². The predicted octanol–water partition coefficient (Wildman–Crippen LogP) is 2.13. The first-order chi connectivity index (χ1) is 8.72. The van der Waals surface area contributed by atoms with E-state index in [4.69, 9.17) is 4.74 Å². The minimum atomic E-state index is -0.613. The van der Waals surface area contributed by atoms with Crippen LogP contribution in [0.4, 0.5) is 0 Å². The second-order valence-corrected chi connectivity index (χ2v) is 5.51. The van der Waals surface area contributed by atoms with Crippen LogP contribution < -0.4 is 0 Å². The third-order valence-corrected chi connectivity index (χ3v) is 4.33. The average molecular weight is 255 g/mol. The number of rotatable bonds is 4. The molecule has 2 fully saturated rings. The number of nitrogens with zero attached hydrogens (tertiary/aromatic N) is 1. The second kappa shape index (κ2) is 6.53. The summed E-state index contributed by atoms with van der Waals surface area (Å²) in [4.78, 5) is 13.7. The van der Waals surface area contributed by atoms with Gasteiger partial charge in [-0.05, 0) is 39.2 Å². The number of carboxylic acid groups (broad SMARTS) is 1. The summed E-state index contributed by atoms with van der Waals surface area (Å²) >= 11 is 0. The van der Waals surface area contributed by atoms with E-state index in [0.29, 0.717) is 6.10 Å². The Kier molecular flexibility index (Phi) is 5.01.